The van der Waals surface area contributed by atoms with E-state index < -0.39 is 0 Å². The van der Waals surface area contributed by atoms with E-state index in [1.54, 1.807) is 42.6 Å². The van der Waals surface area contributed by atoms with Gasteiger partial charge in [-0.2, -0.15) is 0 Å². The standard InChI is InChI=1S/C31H32FN5O4/c1-19-13-25(32)24(29(14-19)39-2)18-41-28-8-6-22-15-21(28)17-40-12-4-3-10-34-30(38)20-5-7-23(26(33)16-20)27-9-11-35-31(36-22)37-27/h5-9,11,13-16H,3-4,10,12,17-18,33H2,1-2H3,(H,34,38)(H,35,36,37). The minimum Gasteiger partial charge on any atom is -0.496 e. The lowest BCUT2D eigenvalue weighted by Gasteiger charge is -2.16. The van der Waals surface area contributed by atoms with Crippen LogP contribution >= 0.6 is 0 Å². The minimum atomic E-state index is -0.388. The maximum atomic E-state index is 14.7. The second-order valence-corrected chi connectivity index (χ2v) is 9.75. The number of ether oxygens (including phenoxy) is 3. The molecule has 4 N–H and O–H groups in total. The van der Waals surface area contributed by atoms with Crippen molar-refractivity contribution >= 4 is 23.2 Å². The predicted molar refractivity (Wildman–Crippen MR) is 155 cm³/mol. The first-order valence-electron chi connectivity index (χ1n) is 13.4. The number of halogens is 1. The maximum absolute atomic E-state index is 14.7. The third-order valence-electron chi connectivity index (χ3n) is 6.71. The van der Waals surface area contributed by atoms with Crippen molar-refractivity contribution < 1.29 is 23.4 Å². The van der Waals surface area contributed by atoms with Gasteiger partial charge in [-0.1, -0.05) is 0 Å². The monoisotopic (exact) mass is 557 g/mol. The molecule has 212 valence electrons. The SMILES string of the molecule is COc1cc(C)cc(F)c1COc1ccc2cc1COCCCCNC(=O)c1ccc(c(N)c1)-c1ccnc(n1)N2. The molecule has 0 saturated carbocycles. The van der Waals surface area contributed by atoms with Crippen molar-refractivity contribution in [2.45, 2.75) is 33.0 Å². The van der Waals surface area contributed by atoms with Crippen LogP contribution in [0.1, 0.15) is 39.9 Å². The van der Waals surface area contributed by atoms with Crippen LogP contribution in [0.25, 0.3) is 11.3 Å². The van der Waals surface area contributed by atoms with Crippen molar-refractivity contribution in [3.8, 4) is 22.8 Å². The van der Waals surface area contributed by atoms with Crippen LogP contribution < -0.4 is 25.8 Å². The van der Waals surface area contributed by atoms with Gasteiger partial charge in [0, 0.05) is 47.4 Å². The molecular weight excluding hydrogens is 525 g/mol. The summed E-state index contributed by atoms with van der Waals surface area (Å²) in [5, 5.41) is 6.16. The van der Waals surface area contributed by atoms with E-state index >= 15 is 0 Å². The molecule has 1 amide bonds. The third-order valence-corrected chi connectivity index (χ3v) is 6.71. The number of aryl methyl sites for hydroxylation is 1. The Morgan fingerprint density at radius 3 is 2.78 bits per heavy atom. The molecule has 0 saturated heterocycles. The number of nitrogen functional groups attached to an aromatic ring is 1. The van der Waals surface area contributed by atoms with E-state index in [1.807, 2.05) is 19.1 Å². The molecule has 2 aliphatic rings. The van der Waals surface area contributed by atoms with E-state index in [9.17, 15) is 9.18 Å². The van der Waals surface area contributed by atoms with Gasteiger partial charge >= 0.3 is 0 Å². The number of nitrogens with one attached hydrogen (secondary N) is 2. The number of nitrogens with two attached hydrogens (primary N) is 1. The van der Waals surface area contributed by atoms with Crippen LogP contribution in [-0.4, -0.2) is 36.1 Å². The summed E-state index contributed by atoms with van der Waals surface area (Å²) in [5.41, 5.74) is 11.1. The van der Waals surface area contributed by atoms with E-state index in [0.717, 1.165) is 29.7 Å². The van der Waals surface area contributed by atoms with Gasteiger partial charge < -0.3 is 30.6 Å². The van der Waals surface area contributed by atoms with E-state index in [2.05, 4.69) is 20.6 Å². The molecule has 0 atom stereocenters. The highest BCUT2D eigenvalue weighted by atomic mass is 19.1. The van der Waals surface area contributed by atoms with Crippen molar-refractivity contribution in [1.82, 2.24) is 15.3 Å². The zero-order valence-electron chi connectivity index (χ0n) is 23.0. The van der Waals surface area contributed by atoms with Gasteiger partial charge in [0.15, 0.2) is 0 Å². The highest BCUT2D eigenvalue weighted by molar-refractivity contribution is 5.96. The number of nitrogens with zero attached hydrogens (tertiary/aromatic N) is 2. The minimum absolute atomic E-state index is 0.0139. The third kappa shape index (κ3) is 6.72. The summed E-state index contributed by atoms with van der Waals surface area (Å²) in [5.74, 6) is 0.779. The number of rotatable bonds is 4. The lowest BCUT2D eigenvalue weighted by Crippen LogP contribution is -2.24. The summed E-state index contributed by atoms with van der Waals surface area (Å²) in [6, 6.07) is 15.7. The van der Waals surface area contributed by atoms with Crippen LogP contribution in [0.4, 0.5) is 21.7 Å². The number of carbonyl (C=O) groups excluding carboxylic acids is 1. The van der Waals surface area contributed by atoms with Crippen LogP contribution in [0, 0.1) is 12.7 Å². The topological polar surface area (TPSA) is 121 Å². The summed E-state index contributed by atoms with van der Waals surface area (Å²) < 4.78 is 32.1. The van der Waals surface area contributed by atoms with E-state index in [-0.39, 0.29) is 24.9 Å². The second-order valence-electron chi connectivity index (χ2n) is 9.75. The van der Waals surface area contributed by atoms with Gasteiger partial charge in [0.25, 0.3) is 5.91 Å². The van der Waals surface area contributed by atoms with Gasteiger partial charge in [0.2, 0.25) is 5.95 Å². The van der Waals surface area contributed by atoms with Crippen molar-refractivity contribution in [3.63, 3.8) is 0 Å². The molecule has 0 radical (unpaired) electrons. The fourth-order valence-electron chi connectivity index (χ4n) is 4.57. The quantitative estimate of drug-likeness (QED) is 0.280. The normalized spacial score (nSPS) is 13.8. The molecule has 2 aliphatic heterocycles. The zero-order chi connectivity index (χ0) is 28.8. The van der Waals surface area contributed by atoms with Crippen LogP contribution in [-0.2, 0) is 18.0 Å². The number of aromatic nitrogens is 2. The Morgan fingerprint density at radius 2 is 1.95 bits per heavy atom. The fourth-order valence-corrected chi connectivity index (χ4v) is 4.57. The number of benzene rings is 3. The summed E-state index contributed by atoms with van der Waals surface area (Å²) in [7, 11) is 1.51. The van der Waals surface area contributed by atoms with Crippen LogP contribution in [0.5, 0.6) is 11.5 Å². The number of amides is 1. The number of hydrogen-bond donors (Lipinski definition) is 3. The first-order chi connectivity index (χ1) is 19.9. The average molecular weight is 558 g/mol. The molecule has 6 rings (SSSR count). The van der Waals surface area contributed by atoms with Gasteiger partial charge in [-0.25, -0.2) is 14.4 Å². The van der Waals surface area contributed by atoms with Crippen molar-refractivity contribution in [2.75, 3.05) is 31.3 Å². The Labute approximate surface area is 237 Å². The number of anilines is 3. The number of carbonyl (C=O) groups is 1. The molecule has 9 nitrogen and oxygen atoms in total. The molecule has 0 spiro atoms. The predicted octanol–water partition coefficient (Wildman–Crippen LogP) is 5.54. The second kappa shape index (κ2) is 12.6. The molecular formula is C31H32FN5O4. The molecule has 1 aromatic heterocycles. The molecule has 4 aromatic rings. The van der Waals surface area contributed by atoms with E-state index in [1.165, 1.54) is 13.2 Å². The maximum Gasteiger partial charge on any atom is 0.251 e. The van der Waals surface area contributed by atoms with E-state index in [4.69, 9.17) is 19.9 Å². The highest BCUT2D eigenvalue weighted by Gasteiger charge is 2.15. The Morgan fingerprint density at radius 1 is 1.07 bits per heavy atom. The Balaban J connectivity index is 1.43. The molecule has 0 aliphatic carbocycles. The number of fused-ring (bicyclic) bond motifs is 9. The van der Waals surface area contributed by atoms with Crippen molar-refractivity contribution in [3.05, 3.63) is 88.9 Å². The Kier molecular flexibility index (Phi) is 8.59. The van der Waals surface area contributed by atoms with Crippen LogP contribution in [0.15, 0.2) is 60.8 Å². The van der Waals surface area contributed by atoms with Crippen LogP contribution in [0.2, 0.25) is 0 Å². The fraction of sp³-hybridized carbons (Fsp3) is 0.258. The summed E-state index contributed by atoms with van der Waals surface area (Å²) in [4.78, 5) is 21.6. The molecule has 0 fully saturated rings. The lowest BCUT2D eigenvalue weighted by molar-refractivity contribution is 0.0945. The molecule has 6 bridgehead atoms. The first kappa shape index (κ1) is 27.9. The molecule has 41 heavy (non-hydrogen) atoms. The lowest BCUT2D eigenvalue weighted by atomic mass is 10.1. The smallest absolute Gasteiger partial charge is 0.251 e. The summed E-state index contributed by atoms with van der Waals surface area (Å²) >= 11 is 0. The highest BCUT2D eigenvalue weighted by Crippen LogP contribution is 2.30. The largest absolute Gasteiger partial charge is 0.496 e. The van der Waals surface area contributed by atoms with Crippen molar-refractivity contribution in [1.29, 1.82) is 0 Å². The summed E-state index contributed by atoms with van der Waals surface area (Å²) in [6.07, 6.45) is 3.14. The molecule has 0 unspecified atom stereocenters. The van der Waals surface area contributed by atoms with Crippen LogP contribution in [0.3, 0.4) is 0 Å². The summed E-state index contributed by atoms with van der Waals surface area (Å²) in [6.45, 7) is 3.06. The molecule has 3 aromatic carbocycles. The van der Waals surface area contributed by atoms with Crippen molar-refractivity contribution in [2.24, 2.45) is 0 Å². The van der Waals surface area contributed by atoms with Gasteiger partial charge in [-0.15, -0.1) is 0 Å². The number of methoxy groups -OCH3 is 1. The average Bonchev–Trinajstić information content (AvgIpc) is 2.96. The Bertz CT molecular complexity index is 1560. The van der Waals surface area contributed by atoms with Gasteiger partial charge in [-0.05, 0) is 79.9 Å². The van der Waals surface area contributed by atoms with E-state index in [0.29, 0.717) is 58.7 Å². The van der Waals surface area contributed by atoms with Gasteiger partial charge in [-0.3, -0.25) is 4.79 Å². The number of hydrogen-bond acceptors (Lipinski definition) is 8. The molecule has 3 heterocycles. The first-order valence-corrected chi connectivity index (χ1v) is 13.4. The Hall–Kier alpha value is -4.70. The van der Waals surface area contributed by atoms with Gasteiger partial charge in [0.1, 0.15) is 23.9 Å². The molecule has 10 heteroatoms. The van der Waals surface area contributed by atoms with Gasteiger partial charge in [0.05, 0.1) is 25.0 Å². The zero-order valence-corrected chi connectivity index (χ0v) is 23.0.